The summed E-state index contributed by atoms with van der Waals surface area (Å²) >= 11 is 0. The highest BCUT2D eigenvalue weighted by molar-refractivity contribution is 5.61. The fourth-order valence-corrected chi connectivity index (χ4v) is 1.60. The molecule has 1 atom stereocenters. The van der Waals surface area contributed by atoms with Crippen molar-refractivity contribution < 1.29 is 14.4 Å². The van der Waals surface area contributed by atoms with E-state index in [1.807, 2.05) is 6.92 Å². The summed E-state index contributed by atoms with van der Waals surface area (Å²) in [6, 6.07) is 4.65. The first-order valence-corrected chi connectivity index (χ1v) is 5.70. The molecule has 1 rings (SSSR count). The number of nitro benzene ring substituents is 1. The highest BCUT2D eigenvalue weighted by Gasteiger charge is 2.13. The van der Waals surface area contributed by atoms with Crippen molar-refractivity contribution in [3.8, 4) is 5.75 Å². The van der Waals surface area contributed by atoms with E-state index in [0.717, 1.165) is 12.1 Å². The summed E-state index contributed by atoms with van der Waals surface area (Å²) in [7, 11) is 3.12. The SMILES string of the molecule is CCC(COC)Nc1ccc([N+](=O)[O-])cc1OC. The normalized spacial score (nSPS) is 11.9. The first-order chi connectivity index (χ1) is 8.62. The number of nitro groups is 1. The van der Waals surface area contributed by atoms with E-state index in [0.29, 0.717) is 12.4 Å². The van der Waals surface area contributed by atoms with Crippen LogP contribution in [0, 0.1) is 10.1 Å². The number of anilines is 1. The fraction of sp³-hybridized carbons (Fsp3) is 0.500. The van der Waals surface area contributed by atoms with Gasteiger partial charge in [-0.1, -0.05) is 6.92 Å². The van der Waals surface area contributed by atoms with Gasteiger partial charge in [0, 0.05) is 19.2 Å². The van der Waals surface area contributed by atoms with Gasteiger partial charge in [0.15, 0.2) is 0 Å². The van der Waals surface area contributed by atoms with E-state index in [9.17, 15) is 10.1 Å². The molecule has 0 heterocycles. The van der Waals surface area contributed by atoms with Crippen LogP contribution in [-0.4, -0.2) is 31.8 Å². The Bertz CT molecular complexity index is 409. The lowest BCUT2D eigenvalue weighted by molar-refractivity contribution is -0.384. The van der Waals surface area contributed by atoms with Gasteiger partial charge in [0.25, 0.3) is 5.69 Å². The van der Waals surface area contributed by atoms with Crippen LogP contribution in [0.25, 0.3) is 0 Å². The zero-order valence-corrected chi connectivity index (χ0v) is 10.8. The Labute approximate surface area is 106 Å². The maximum atomic E-state index is 10.7. The molecule has 0 spiro atoms. The Morgan fingerprint density at radius 1 is 1.44 bits per heavy atom. The van der Waals surface area contributed by atoms with Crippen molar-refractivity contribution in [1.29, 1.82) is 0 Å². The second kappa shape index (κ2) is 6.80. The van der Waals surface area contributed by atoms with Gasteiger partial charge in [0.05, 0.1) is 30.4 Å². The van der Waals surface area contributed by atoms with Gasteiger partial charge in [-0.3, -0.25) is 10.1 Å². The quantitative estimate of drug-likeness (QED) is 0.597. The van der Waals surface area contributed by atoms with Crippen molar-refractivity contribution in [2.75, 3.05) is 26.1 Å². The van der Waals surface area contributed by atoms with E-state index in [4.69, 9.17) is 9.47 Å². The molecule has 1 N–H and O–H groups in total. The molecule has 6 heteroatoms. The molecule has 1 unspecified atom stereocenters. The number of rotatable bonds is 7. The maximum absolute atomic E-state index is 10.7. The van der Waals surface area contributed by atoms with E-state index in [-0.39, 0.29) is 11.7 Å². The van der Waals surface area contributed by atoms with E-state index < -0.39 is 4.92 Å². The molecule has 100 valence electrons. The summed E-state index contributed by atoms with van der Waals surface area (Å²) in [5, 5.41) is 13.9. The minimum atomic E-state index is -0.446. The van der Waals surface area contributed by atoms with Crippen molar-refractivity contribution in [3.05, 3.63) is 28.3 Å². The first-order valence-electron chi connectivity index (χ1n) is 5.70. The molecule has 0 radical (unpaired) electrons. The van der Waals surface area contributed by atoms with Crippen molar-refractivity contribution in [2.24, 2.45) is 0 Å². The van der Waals surface area contributed by atoms with Crippen LogP contribution in [0.4, 0.5) is 11.4 Å². The number of hydrogen-bond acceptors (Lipinski definition) is 5. The van der Waals surface area contributed by atoms with E-state index >= 15 is 0 Å². The molecular weight excluding hydrogens is 236 g/mol. The van der Waals surface area contributed by atoms with Gasteiger partial charge in [0.2, 0.25) is 0 Å². The Morgan fingerprint density at radius 3 is 2.67 bits per heavy atom. The lowest BCUT2D eigenvalue weighted by atomic mass is 10.2. The average molecular weight is 254 g/mol. The van der Waals surface area contributed by atoms with Gasteiger partial charge in [-0.15, -0.1) is 0 Å². The highest BCUT2D eigenvalue weighted by Crippen LogP contribution is 2.29. The molecule has 18 heavy (non-hydrogen) atoms. The van der Waals surface area contributed by atoms with Crippen LogP contribution in [0.2, 0.25) is 0 Å². The van der Waals surface area contributed by atoms with Gasteiger partial charge >= 0.3 is 0 Å². The van der Waals surface area contributed by atoms with Gasteiger partial charge in [0.1, 0.15) is 5.75 Å². The summed E-state index contributed by atoms with van der Waals surface area (Å²) in [4.78, 5) is 10.2. The van der Waals surface area contributed by atoms with Gasteiger partial charge < -0.3 is 14.8 Å². The maximum Gasteiger partial charge on any atom is 0.273 e. The number of ether oxygens (including phenoxy) is 2. The van der Waals surface area contributed by atoms with Crippen LogP contribution >= 0.6 is 0 Å². The van der Waals surface area contributed by atoms with Crippen molar-refractivity contribution in [1.82, 2.24) is 0 Å². The van der Waals surface area contributed by atoms with Gasteiger partial charge in [-0.25, -0.2) is 0 Å². The van der Waals surface area contributed by atoms with Crippen LogP contribution in [0.5, 0.6) is 5.75 Å². The van der Waals surface area contributed by atoms with Crippen molar-refractivity contribution in [2.45, 2.75) is 19.4 Å². The lowest BCUT2D eigenvalue weighted by Gasteiger charge is -2.19. The second-order valence-corrected chi connectivity index (χ2v) is 3.85. The lowest BCUT2D eigenvalue weighted by Crippen LogP contribution is -2.24. The number of hydrogen-bond donors (Lipinski definition) is 1. The molecule has 0 aliphatic carbocycles. The summed E-state index contributed by atoms with van der Waals surface area (Å²) in [6.45, 7) is 2.60. The second-order valence-electron chi connectivity index (χ2n) is 3.85. The van der Waals surface area contributed by atoms with Gasteiger partial charge in [-0.05, 0) is 12.5 Å². The smallest absolute Gasteiger partial charge is 0.273 e. The molecule has 0 bridgehead atoms. The first kappa shape index (κ1) is 14.2. The molecule has 1 aromatic rings. The van der Waals surface area contributed by atoms with E-state index in [1.165, 1.54) is 19.2 Å². The van der Waals surface area contributed by atoms with Crippen molar-refractivity contribution >= 4 is 11.4 Å². The van der Waals surface area contributed by atoms with Crippen LogP contribution in [0.1, 0.15) is 13.3 Å². The van der Waals surface area contributed by atoms with Crippen molar-refractivity contribution in [3.63, 3.8) is 0 Å². The Balaban J connectivity index is 2.91. The molecule has 0 saturated carbocycles. The number of benzene rings is 1. The molecule has 6 nitrogen and oxygen atoms in total. The topological polar surface area (TPSA) is 73.6 Å². The predicted octanol–water partition coefficient (Wildman–Crippen LogP) is 2.44. The zero-order valence-electron chi connectivity index (χ0n) is 10.8. The Morgan fingerprint density at radius 2 is 2.17 bits per heavy atom. The third-order valence-electron chi connectivity index (χ3n) is 2.62. The standard InChI is InChI=1S/C12H18N2O4/c1-4-9(8-17-2)13-11-6-5-10(14(15)16)7-12(11)18-3/h5-7,9,13H,4,8H2,1-3H3. The molecule has 0 saturated heterocycles. The van der Waals surface area contributed by atoms with Crippen LogP contribution < -0.4 is 10.1 Å². The molecular formula is C12H18N2O4. The summed E-state index contributed by atoms with van der Waals surface area (Å²) < 4.78 is 10.2. The molecule has 0 aromatic heterocycles. The molecule has 0 fully saturated rings. The van der Waals surface area contributed by atoms with Gasteiger partial charge in [-0.2, -0.15) is 0 Å². The molecule has 0 amide bonds. The third-order valence-corrected chi connectivity index (χ3v) is 2.62. The molecule has 0 aliphatic heterocycles. The Kier molecular flexibility index (Phi) is 5.38. The minimum Gasteiger partial charge on any atom is -0.494 e. The average Bonchev–Trinajstić information content (AvgIpc) is 2.38. The number of nitrogens with zero attached hydrogens (tertiary/aromatic N) is 1. The minimum absolute atomic E-state index is 0.0113. The van der Waals surface area contributed by atoms with Crippen LogP contribution in [0.3, 0.4) is 0 Å². The van der Waals surface area contributed by atoms with E-state index in [1.54, 1.807) is 13.2 Å². The highest BCUT2D eigenvalue weighted by atomic mass is 16.6. The molecule has 0 aliphatic rings. The largest absolute Gasteiger partial charge is 0.494 e. The van der Waals surface area contributed by atoms with Crippen LogP contribution in [-0.2, 0) is 4.74 Å². The van der Waals surface area contributed by atoms with E-state index in [2.05, 4.69) is 5.32 Å². The number of non-ortho nitro benzene ring substituents is 1. The fourth-order valence-electron chi connectivity index (χ4n) is 1.60. The molecule has 1 aromatic carbocycles. The Hall–Kier alpha value is -1.82. The van der Waals surface area contributed by atoms with Crippen LogP contribution in [0.15, 0.2) is 18.2 Å². The zero-order chi connectivity index (χ0) is 13.5. The predicted molar refractivity (Wildman–Crippen MR) is 69.2 cm³/mol. The summed E-state index contributed by atoms with van der Waals surface area (Å²) in [6.07, 6.45) is 0.883. The summed E-state index contributed by atoms with van der Waals surface area (Å²) in [5.41, 5.74) is 0.740. The number of nitrogens with one attached hydrogen (secondary N) is 1. The third kappa shape index (κ3) is 3.59. The number of methoxy groups -OCH3 is 2. The summed E-state index contributed by atoms with van der Waals surface area (Å²) in [5.74, 6) is 0.457. The monoisotopic (exact) mass is 254 g/mol.